The van der Waals surface area contributed by atoms with Crippen LogP contribution in [0.1, 0.15) is 19.3 Å². The number of hydrogen-bond acceptors (Lipinski definition) is 4. The van der Waals surface area contributed by atoms with Crippen LogP contribution in [-0.4, -0.2) is 18.9 Å². The van der Waals surface area contributed by atoms with Crippen molar-refractivity contribution in [1.82, 2.24) is 0 Å². The summed E-state index contributed by atoms with van der Waals surface area (Å²) < 4.78 is 16.0. The fourth-order valence-corrected chi connectivity index (χ4v) is 1.98. The summed E-state index contributed by atoms with van der Waals surface area (Å²) in [6.07, 6.45) is 8.05. The van der Waals surface area contributed by atoms with E-state index in [0.717, 1.165) is 24.8 Å². The average Bonchev–Trinajstić information content (AvgIpc) is 2.84. The van der Waals surface area contributed by atoms with Crippen LogP contribution < -0.4 is 0 Å². The van der Waals surface area contributed by atoms with Crippen LogP contribution in [0.4, 0.5) is 0 Å². The summed E-state index contributed by atoms with van der Waals surface area (Å²) in [5.74, 6) is 0.447. The van der Waals surface area contributed by atoms with E-state index in [9.17, 15) is 4.79 Å². The van der Waals surface area contributed by atoms with Crippen LogP contribution in [0.5, 0.6) is 0 Å². The number of carbonyl (C=O) groups excluding carboxylic acids is 1. The van der Waals surface area contributed by atoms with Crippen LogP contribution in [0.3, 0.4) is 0 Å². The van der Waals surface area contributed by atoms with Gasteiger partial charge in [0, 0.05) is 6.42 Å². The second-order valence-electron chi connectivity index (χ2n) is 3.94. The van der Waals surface area contributed by atoms with Gasteiger partial charge in [0.2, 0.25) is 5.76 Å². The molecule has 4 nitrogen and oxygen atoms in total. The second-order valence-corrected chi connectivity index (χ2v) is 3.94. The Kier molecular flexibility index (Phi) is 2.29. The Morgan fingerprint density at radius 3 is 3.12 bits per heavy atom. The molecule has 0 amide bonds. The molecule has 1 unspecified atom stereocenters. The number of fused-ring (bicyclic) bond motifs is 1. The lowest BCUT2D eigenvalue weighted by Crippen LogP contribution is -2.23. The van der Waals surface area contributed by atoms with Crippen molar-refractivity contribution in [2.45, 2.75) is 25.6 Å². The molecule has 3 aliphatic rings. The highest BCUT2D eigenvalue weighted by Crippen LogP contribution is 2.33. The molecule has 0 aromatic heterocycles. The van der Waals surface area contributed by atoms with Crippen LogP contribution in [-0.2, 0) is 19.0 Å². The van der Waals surface area contributed by atoms with Gasteiger partial charge in [-0.1, -0.05) is 6.08 Å². The lowest BCUT2D eigenvalue weighted by atomic mass is 10.2. The van der Waals surface area contributed by atoms with Crippen molar-refractivity contribution in [3.8, 4) is 0 Å². The molecule has 0 saturated carbocycles. The molecule has 0 spiro atoms. The maximum Gasteiger partial charge on any atom is 0.379 e. The van der Waals surface area contributed by atoms with Crippen molar-refractivity contribution in [1.29, 1.82) is 0 Å². The van der Waals surface area contributed by atoms with Gasteiger partial charge in [-0.3, -0.25) is 0 Å². The minimum Gasteiger partial charge on any atom is -0.457 e. The standard InChI is InChI=1S/C12H12O4/c13-12-11(8-4-3-5-9(8)15-12)16-10-6-1-2-7-14-10/h3-5,10H,1-2,6-7H2. The fourth-order valence-electron chi connectivity index (χ4n) is 1.98. The van der Waals surface area contributed by atoms with Crippen molar-refractivity contribution in [3.05, 3.63) is 35.3 Å². The molecule has 2 aliphatic heterocycles. The van der Waals surface area contributed by atoms with Gasteiger partial charge in [-0.05, 0) is 25.0 Å². The SMILES string of the molecule is O=C1OC2=CC=CC2=C1OC1CCCCO1. The molecule has 16 heavy (non-hydrogen) atoms. The van der Waals surface area contributed by atoms with Crippen molar-refractivity contribution in [2.75, 3.05) is 6.61 Å². The Hall–Kier alpha value is -1.55. The summed E-state index contributed by atoms with van der Waals surface area (Å²) in [7, 11) is 0. The van der Waals surface area contributed by atoms with Gasteiger partial charge in [-0.25, -0.2) is 4.79 Å². The summed E-state index contributed by atoms with van der Waals surface area (Å²) in [4.78, 5) is 11.5. The molecule has 1 fully saturated rings. The predicted octanol–water partition coefficient (Wildman–Crippen LogP) is 1.79. The summed E-state index contributed by atoms with van der Waals surface area (Å²) >= 11 is 0. The zero-order chi connectivity index (χ0) is 11.0. The summed E-state index contributed by atoms with van der Waals surface area (Å²) in [5.41, 5.74) is 0.735. The van der Waals surface area contributed by atoms with Gasteiger partial charge in [-0.2, -0.15) is 0 Å². The first-order chi connectivity index (χ1) is 7.84. The van der Waals surface area contributed by atoms with Crippen molar-refractivity contribution < 1.29 is 19.0 Å². The van der Waals surface area contributed by atoms with Crippen LogP contribution in [0.25, 0.3) is 0 Å². The third-order valence-corrected chi connectivity index (χ3v) is 2.80. The van der Waals surface area contributed by atoms with E-state index < -0.39 is 5.97 Å². The van der Waals surface area contributed by atoms with E-state index in [1.54, 1.807) is 6.08 Å². The molecule has 1 saturated heterocycles. The number of esters is 1. The molecule has 1 aliphatic carbocycles. The summed E-state index contributed by atoms with van der Waals surface area (Å²) in [5, 5.41) is 0. The number of carbonyl (C=O) groups is 1. The molecular formula is C12H12O4. The second kappa shape index (κ2) is 3.79. The molecule has 0 bridgehead atoms. The molecular weight excluding hydrogens is 208 g/mol. The maximum absolute atomic E-state index is 11.5. The molecule has 0 aromatic carbocycles. The van der Waals surface area contributed by atoms with Gasteiger partial charge < -0.3 is 14.2 Å². The highest BCUT2D eigenvalue weighted by molar-refractivity contribution is 5.94. The Labute approximate surface area is 93.2 Å². The fraction of sp³-hybridized carbons (Fsp3) is 0.417. The molecule has 1 atom stereocenters. The highest BCUT2D eigenvalue weighted by Gasteiger charge is 2.33. The van der Waals surface area contributed by atoms with Crippen LogP contribution in [0.15, 0.2) is 35.3 Å². The molecule has 0 aromatic rings. The maximum atomic E-state index is 11.5. The van der Waals surface area contributed by atoms with Gasteiger partial charge in [0.15, 0.2) is 6.29 Å². The monoisotopic (exact) mass is 220 g/mol. The van der Waals surface area contributed by atoms with E-state index in [4.69, 9.17) is 14.2 Å². The summed E-state index contributed by atoms with van der Waals surface area (Å²) in [6.45, 7) is 0.695. The average molecular weight is 220 g/mol. The van der Waals surface area contributed by atoms with E-state index in [1.807, 2.05) is 12.2 Å². The first-order valence-corrected chi connectivity index (χ1v) is 5.48. The molecule has 0 N–H and O–H groups in total. The largest absolute Gasteiger partial charge is 0.457 e. The van der Waals surface area contributed by atoms with E-state index >= 15 is 0 Å². The number of rotatable bonds is 2. The molecule has 84 valence electrons. The molecule has 2 heterocycles. The first kappa shape index (κ1) is 9.66. The Morgan fingerprint density at radius 2 is 2.31 bits per heavy atom. The minimum atomic E-state index is -0.417. The van der Waals surface area contributed by atoms with Gasteiger partial charge in [0.05, 0.1) is 12.2 Å². The van der Waals surface area contributed by atoms with E-state index in [0.29, 0.717) is 12.4 Å². The topological polar surface area (TPSA) is 44.8 Å². The third-order valence-electron chi connectivity index (χ3n) is 2.80. The highest BCUT2D eigenvalue weighted by atomic mass is 16.7. The smallest absolute Gasteiger partial charge is 0.379 e. The Morgan fingerprint density at radius 1 is 1.38 bits per heavy atom. The lowest BCUT2D eigenvalue weighted by molar-refractivity contribution is -0.158. The number of allylic oxidation sites excluding steroid dienone is 3. The minimum absolute atomic E-state index is 0.284. The molecule has 4 heteroatoms. The van der Waals surface area contributed by atoms with E-state index in [1.165, 1.54) is 0 Å². The van der Waals surface area contributed by atoms with Gasteiger partial charge in [0.25, 0.3) is 0 Å². The molecule has 3 rings (SSSR count). The zero-order valence-electron chi connectivity index (χ0n) is 8.77. The van der Waals surface area contributed by atoms with E-state index in [2.05, 4.69) is 0 Å². The number of hydrogen-bond donors (Lipinski definition) is 0. The van der Waals surface area contributed by atoms with E-state index in [-0.39, 0.29) is 12.0 Å². The zero-order valence-corrected chi connectivity index (χ0v) is 8.77. The van der Waals surface area contributed by atoms with Gasteiger partial charge in [0.1, 0.15) is 5.76 Å². The quantitative estimate of drug-likeness (QED) is 0.665. The van der Waals surface area contributed by atoms with Crippen molar-refractivity contribution in [2.24, 2.45) is 0 Å². The Balaban J connectivity index is 1.78. The first-order valence-electron chi connectivity index (χ1n) is 5.48. The Bertz CT molecular complexity index is 411. The summed E-state index contributed by atoms with van der Waals surface area (Å²) in [6, 6.07) is 0. The molecule has 0 radical (unpaired) electrons. The predicted molar refractivity (Wildman–Crippen MR) is 55.0 cm³/mol. The van der Waals surface area contributed by atoms with Crippen LogP contribution in [0.2, 0.25) is 0 Å². The normalized spacial score (nSPS) is 27.9. The van der Waals surface area contributed by atoms with Crippen LogP contribution in [0, 0.1) is 0 Å². The van der Waals surface area contributed by atoms with Crippen molar-refractivity contribution in [3.63, 3.8) is 0 Å². The lowest BCUT2D eigenvalue weighted by Gasteiger charge is -2.23. The van der Waals surface area contributed by atoms with Crippen molar-refractivity contribution >= 4 is 5.97 Å². The third kappa shape index (κ3) is 1.55. The van der Waals surface area contributed by atoms with Gasteiger partial charge in [-0.15, -0.1) is 0 Å². The van der Waals surface area contributed by atoms with Gasteiger partial charge >= 0.3 is 5.97 Å². The van der Waals surface area contributed by atoms with Crippen LogP contribution >= 0.6 is 0 Å². The number of ether oxygens (including phenoxy) is 3.